The van der Waals surface area contributed by atoms with E-state index in [-0.39, 0.29) is 87.9 Å². The van der Waals surface area contributed by atoms with Gasteiger partial charge in [-0.05, 0) is 41.3 Å². The molecule has 11 nitrogen and oxygen atoms in total. The molecule has 206 valence electrons. The van der Waals surface area contributed by atoms with Crippen LogP contribution >= 0.6 is 0 Å². The minimum atomic E-state index is -4.14. The molecule has 0 saturated heterocycles. The molecule has 40 heavy (non-hydrogen) atoms. The predicted molar refractivity (Wildman–Crippen MR) is 152 cm³/mol. The van der Waals surface area contributed by atoms with Gasteiger partial charge in [0.15, 0.2) is 23.1 Å². The number of benzene rings is 2. The molecule has 2 heterocycles. The van der Waals surface area contributed by atoms with Crippen LogP contribution in [0.25, 0.3) is 11.6 Å². The third-order valence-corrected chi connectivity index (χ3v) is 6.83. The summed E-state index contributed by atoms with van der Waals surface area (Å²) in [5, 5.41) is 9.40. The van der Waals surface area contributed by atoms with Crippen molar-refractivity contribution in [3.8, 4) is 34.8 Å². The van der Waals surface area contributed by atoms with Gasteiger partial charge in [-0.1, -0.05) is 45.0 Å². The van der Waals surface area contributed by atoms with Gasteiger partial charge in [-0.15, -0.1) is 0 Å². The number of nitrogens with one attached hydrogen (secondary N) is 1. The molecule has 2 aromatic carbocycles. The van der Waals surface area contributed by atoms with Crippen molar-refractivity contribution in [2.45, 2.75) is 31.1 Å². The van der Waals surface area contributed by atoms with Crippen LogP contribution in [0.15, 0.2) is 71.9 Å². The molecule has 0 atom stereocenters. The predicted octanol–water partition coefficient (Wildman–Crippen LogP) is 3.56. The fraction of sp³-hybridized carbons (Fsp3) is 0.259. The van der Waals surface area contributed by atoms with Crippen molar-refractivity contribution in [3.05, 3.63) is 72.6 Å². The van der Waals surface area contributed by atoms with E-state index in [1.165, 1.54) is 31.6 Å². The van der Waals surface area contributed by atoms with Gasteiger partial charge in [0.2, 0.25) is 11.6 Å². The zero-order valence-electron chi connectivity index (χ0n) is 22.0. The molecular weight excluding hydrogens is 545 g/mol. The Morgan fingerprint density at radius 1 is 0.900 bits per heavy atom. The number of aliphatic hydroxyl groups is 1. The summed E-state index contributed by atoms with van der Waals surface area (Å²) in [6.45, 7) is 5.65. The standard InChI is InChI=1S/C27H29N5O6S.Na.H/c1-27(2,3)18-10-12-19(13-11-18)39(34,35)32-23-22(38-21-9-6-5-8-20(21)36-4)26(37-17-16-33)31-25(30-23)24-28-14-7-15-29-24;;/h5-15,33H,16-17H2,1-4H3,(H,30,31,32);;. The number of nitrogens with zero attached hydrogens (tertiary/aromatic N) is 4. The zero-order valence-corrected chi connectivity index (χ0v) is 22.8. The van der Waals surface area contributed by atoms with Crippen LogP contribution in [0, 0.1) is 0 Å². The van der Waals surface area contributed by atoms with Crippen molar-refractivity contribution in [1.82, 2.24) is 19.9 Å². The Bertz CT molecular complexity index is 1530. The number of ether oxygens (including phenoxy) is 3. The maximum absolute atomic E-state index is 13.5. The Labute approximate surface area is 255 Å². The van der Waals surface area contributed by atoms with E-state index in [9.17, 15) is 13.5 Å². The summed E-state index contributed by atoms with van der Waals surface area (Å²) in [4.78, 5) is 17.1. The number of sulfonamides is 1. The van der Waals surface area contributed by atoms with Gasteiger partial charge in [-0.2, -0.15) is 4.98 Å². The first-order valence-corrected chi connectivity index (χ1v) is 13.5. The molecule has 0 radical (unpaired) electrons. The summed E-state index contributed by atoms with van der Waals surface area (Å²) in [5.41, 5.74) is 0.827. The van der Waals surface area contributed by atoms with E-state index in [0.29, 0.717) is 5.75 Å². The summed E-state index contributed by atoms with van der Waals surface area (Å²) < 4.78 is 46.6. The first-order chi connectivity index (χ1) is 18.6. The Balaban J connectivity index is 0.00000441. The Morgan fingerprint density at radius 2 is 1.55 bits per heavy atom. The second kappa shape index (κ2) is 13.4. The van der Waals surface area contributed by atoms with Crippen LogP contribution in [0.1, 0.15) is 26.3 Å². The van der Waals surface area contributed by atoms with Gasteiger partial charge in [-0.3, -0.25) is 4.72 Å². The Morgan fingerprint density at radius 3 is 2.15 bits per heavy atom. The quantitative estimate of drug-likeness (QED) is 0.269. The van der Waals surface area contributed by atoms with Gasteiger partial charge in [0.1, 0.15) is 6.61 Å². The minimum absolute atomic E-state index is 0. The molecule has 0 bridgehead atoms. The third-order valence-electron chi connectivity index (χ3n) is 5.47. The average molecular weight is 576 g/mol. The summed E-state index contributed by atoms with van der Waals surface area (Å²) >= 11 is 0. The van der Waals surface area contributed by atoms with Crippen LogP contribution in [0.5, 0.6) is 23.1 Å². The number of hydrogen-bond donors (Lipinski definition) is 2. The number of para-hydroxylation sites is 2. The first-order valence-electron chi connectivity index (χ1n) is 12.0. The van der Waals surface area contributed by atoms with E-state index in [2.05, 4.69) is 24.7 Å². The average Bonchev–Trinajstić information content (AvgIpc) is 2.93. The molecule has 4 aromatic rings. The first kappa shape index (κ1) is 31.2. The topological polar surface area (TPSA) is 146 Å². The van der Waals surface area contributed by atoms with E-state index in [4.69, 9.17) is 14.2 Å². The second-order valence-electron chi connectivity index (χ2n) is 9.31. The summed E-state index contributed by atoms with van der Waals surface area (Å²) in [6.07, 6.45) is 3.00. The molecule has 2 N–H and O–H groups in total. The van der Waals surface area contributed by atoms with Crippen LogP contribution in [-0.4, -0.2) is 83.3 Å². The van der Waals surface area contributed by atoms with Crippen molar-refractivity contribution < 1.29 is 27.7 Å². The van der Waals surface area contributed by atoms with Gasteiger partial charge in [0.25, 0.3) is 15.9 Å². The van der Waals surface area contributed by atoms with Gasteiger partial charge in [0, 0.05) is 12.4 Å². The molecule has 4 rings (SSSR count). The monoisotopic (exact) mass is 575 g/mol. The van der Waals surface area contributed by atoms with Gasteiger partial charge < -0.3 is 19.3 Å². The van der Waals surface area contributed by atoms with Crippen LogP contribution in [-0.2, 0) is 15.4 Å². The summed E-state index contributed by atoms with van der Waals surface area (Å²) in [6, 6.07) is 15.0. The molecule has 0 spiro atoms. The molecule has 0 aliphatic carbocycles. The molecular formula is C27H30N5NaO6S. The molecule has 13 heteroatoms. The molecule has 0 aliphatic heterocycles. The fourth-order valence-electron chi connectivity index (χ4n) is 3.48. The van der Waals surface area contributed by atoms with E-state index < -0.39 is 10.0 Å². The molecule has 0 amide bonds. The van der Waals surface area contributed by atoms with Crippen LogP contribution in [0.3, 0.4) is 0 Å². The second-order valence-corrected chi connectivity index (χ2v) is 11.0. The summed E-state index contributed by atoms with van der Waals surface area (Å²) in [5.74, 6) is 0.271. The van der Waals surface area contributed by atoms with Crippen molar-refractivity contribution in [3.63, 3.8) is 0 Å². The van der Waals surface area contributed by atoms with E-state index in [1.807, 2.05) is 20.8 Å². The van der Waals surface area contributed by atoms with E-state index in [1.54, 1.807) is 42.5 Å². The van der Waals surface area contributed by atoms with Crippen LogP contribution in [0.4, 0.5) is 5.82 Å². The summed E-state index contributed by atoms with van der Waals surface area (Å²) in [7, 11) is -2.66. The van der Waals surface area contributed by atoms with Crippen LogP contribution in [0.2, 0.25) is 0 Å². The molecule has 0 fully saturated rings. The fourth-order valence-corrected chi connectivity index (χ4v) is 4.48. The van der Waals surface area contributed by atoms with Gasteiger partial charge in [-0.25, -0.2) is 23.4 Å². The number of hydrogen-bond acceptors (Lipinski definition) is 10. The molecule has 0 aliphatic rings. The molecule has 0 saturated carbocycles. The SMILES string of the molecule is COc1ccccc1Oc1c(NS(=O)(=O)c2ccc(C(C)(C)C)cc2)nc(-c2ncccn2)nc1OCCO.[NaH]. The van der Waals surface area contributed by atoms with Crippen molar-refractivity contribution in [2.75, 3.05) is 25.0 Å². The number of aromatic nitrogens is 4. The Kier molecular flexibility index (Phi) is 10.4. The van der Waals surface area contributed by atoms with Gasteiger partial charge >= 0.3 is 29.6 Å². The normalized spacial score (nSPS) is 11.3. The number of methoxy groups -OCH3 is 1. The number of aliphatic hydroxyl groups excluding tert-OH is 1. The van der Waals surface area contributed by atoms with Gasteiger partial charge in [0.05, 0.1) is 18.6 Å². The zero-order chi connectivity index (χ0) is 28.0. The number of rotatable bonds is 10. The van der Waals surface area contributed by atoms with Crippen molar-refractivity contribution in [1.29, 1.82) is 0 Å². The number of anilines is 1. The van der Waals surface area contributed by atoms with E-state index in [0.717, 1.165) is 5.56 Å². The third kappa shape index (κ3) is 7.46. The Hall–Kier alpha value is -3.29. The van der Waals surface area contributed by atoms with Crippen molar-refractivity contribution >= 4 is 45.4 Å². The van der Waals surface area contributed by atoms with Crippen molar-refractivity contribution in [2.24, 2.45) is 0 Å². The van der Waals surface area contributed by atoms with Crippen LogP contribution < -0.4 is 18.9 Å². The van der Waals surface area contributed by atoms with E-state index >= 15 is 0 Å². The maximum atomic E-state index is 13.5. The molecule has 2 aromatic heterocycles. The molecule has 0 unspecified atom stereocenters.